The average Bonchev–Trinajstić information content (AvgIpc) is 3.86. The minimum absolute atomic E-state index is 0.0974. The van der Waals surface area contributed by atoms with Crippen LogP contribution in [0.25, 0.3) is 32.1 Å². The van der Waals surface area contributed by atoms with Gasteiger partial charge in [0.25, 0.3) is 0 Å². The van der Waals surface area contributed by atoms with E-state index in [9.17, 15) is 24.1 Å². The van der Waals surface area contributed by atoms with E-state index in [0.717, 1.165) is 30.7 Å². The van der Waals surface area contributed by atoms with E-state index in [2.05, 4.69) is 23.6 Å². The summed E-state index contributed by atoms with van der Waals surface area (Å²) in [6.07, 6.45) is 4.00. The van der Waals surface area contributed by atoms with Gasteiger partial charge >= 0.3 is 6.01 Å². The number of alkyl halides is 1. The highest BCUT2D eigenvalue weighted by atomic mass is 32.1. The smallest absolute Gasteiger partial charge is 0.319 e. The molecule has 0 radical (unpaired) electrons. The van der Waals surface area contributed by atoms with E-state index in [-0.39, 0.29) is 51.4 Å². The first kappa shape index (κ1) is 32.7. The number of hydrogen-bond acceptors (Lipinski definition) is 10. The maximum absolute atomic E-state index is 15.0. The topological polar surface area (TPSA) is 135 Å². The predicted octanol–water partition coefficient (Wildman–Crippen LogP) is 5.93. The molecule has 0 spiro atoms. The second-order valence-corrected chi connectivity index (χ2v) is 14.2. The number of carbonyl (C=O) groups excluding carboxylic acids is 1. The molecular formula is C36H36F2N8O2S. The van der Waals surface area contributed by atoms with Gasteiger partial charge in [0, 0.05) is 42.9 Å². The maximum atomic E-state index is 15.0. The lowest BCUT2D eigenvalue weighted by Crippen LogP contribution is -2.45. The molecule has 10 nitrogen and oxygen atoms in total. The molecule has 0 aliphatic carbocycles. The highest BCUT2D eigenvalue weighted by Gasteiger charge is 2.49. The summed E-state index contributed by atoms with van der Waals surface area (Å²) in [6.45, 7) is 7.72. The number of likely N-dealkylation sites (tertiary alicyclic amines) is 1. The van der Waals surface area contributed by atoms with E-state index < -0.39 is 17.5 Å². The van der Waals surface area contributed by atoms with Gasteiger partial charge in [-0.05, 0) is 62.1 Å². The lowest BCUT2D eigenvalue weighted by atomic mass is 9.94. The van der Waals surface area contributed by atoms with Gasteiger partial charge in [0.15, 0.2) is 0 Å². The first-order valence-corrected chi connectivity index (χ1v) is 17.3. The summed E-state index contributed by atoms with van der Waals surface area (Å²) in [5, 5.41) is 21.5. The molecule has 2 aromatic heterocycles. The molecule has 2 aromatic carbocycles. The summed E-state index contributed by atoms with van der Waals surface area (Å²) in [5.74, 6) is -0.112. The van der Waals surface area contributed by atoms with E-state index in [1.807, 2.05) is 23.8 Å². The number of anilines is 2. The van der Waals surface area contributed by atoms with Gasteiger partial charge in [-0.1, -0.05) is 19.6 Å². The number of ether oxygens (including phenoxy) is 1. The van der Waals surface area contributed by atoms with Gasteiger partial charge in [-0.3, -0.25) is 9.69 Å². The number of halogens is 2. The number of nitrogen functional groups attached to an aromatic ring is 1. The third-order valence-electron chi connectivity index (χ3n) is 10.6. The molecule has 3 fully saturated rings. The Hall–Kier alpha value is -4.85. The van der Waals surface area contributed by atoms with Crippen LogP contribution in [0.1, 0.15) is 50.2 Å². The minimum atomic E-state index is -0.915. The fraction of sp³-hybridized carbons (Fsp3) is 0.417. The summed E-state index contributed by atoms with van der Waals surface area (Å²) >= 11 is 0.991. The van der Waals surface area contributed by atoms with Crippen LogP contribution in [-0.4, -0.2) is 82.8 Å². The van der Waals surface area contributed by atoms with Crippen molar-refractivity contribution in [1.82, 2.24) is 19.8 Å². The third kappa shape index (κ3) is 5.32. The van der Waals surface area contributed by atoms with Crippen molar-refractivity contribution in [3.05, 3.63) is 53.9 Å². The molecule has 3 aliphatic rings. The standard InChI is InChI=1S/C36H36F2N8O2S/c1-4-28-29(9-12-46(28)30(47)5-2)44(3)34-24-13-20(16-39)23(22-7-8-26(38)32-31(22)25(17-40)33(41)49-32)14-27(24)42-35(43-34)48-19-36-10-6-11-45(36)18-21(37)15-36/h5,7-8,13-14,21,28-29H,2,4,6,9-12,15,18-19,41H2,1,3H3/t21-,28+,29-,36+/m1/s1. The lowest BCUT2D eigenvalue weighted by Gasteiger charge is -2.34. The van der Waals surface area contributed by atoms with Crippen molar-refractivity contribution < 1.29 is 18.3 Å². The molecular weight excluding hydrogens is 647 g/mol. The van der Waals surface area contributed by atoms with Crippen LogP contribution in [0, 0.1) is 28.5 Å². The van der Waals surface area contributed by atoms with E-state index in [4.69, 9.17) is 20.4 Å². The number of fused-ring (bicyclic) bond motifs is 3. The summed E-state index contributed by atoms with van der Waals surface area (Å²) in [6, 6.07) is 10.6. The van der Waals surface area contributed by atoms with Gasteiger partial charge in [0.1, 0.15) is 35.5 Å². The largest absolute Gasteiger partial charge is 0.461 e. The van der Waals surface area contributed by atoms with Crippen LogP contribution in [0.4, 0.5) is 19.6 Å². The normalized spacial score (nSPS) is 23.5. The lowest BCUT2D eigenvalue weighted by molar-refractivity contribution is -0.126. The number of amides is 1. The Bertz CT molecular complexity index is 2090. The number of nitriles is 2. The number of nitrogens with two attached hydrogens (primary N) is 1. The van der Waals surface area contributed by atoms with Crippen LogP contribution in [0.3, 0.4) is 0 Å². The number of likely N-dealkylation sites (N-methyl/N-ethyl adjacent to an activating group) is 1. The molecule has 0 unspecified atom stereocenters. The number of hydrogen-bond donors (Lipinski definition) is 1. The molecule has 5 heterocycles. The van der Waals surface area contributed by atoms with Crippen molar-refractivity contribution in [2.45, 2.75) is 62.8 Å². The number of benzene rings is 2. The summed E-state index contributed by atoms with van der Waals surface area (Å²) in [7, 11) is 1.92. The molecule has 49 heavy (non-hydrogen) atoms. The van der Waals surface area contributed by atoms with Crippen LogP contribution in [0.15, 0.2) is 36.9 Å². The first-order chi connectivity index (χ1) is 23.6. The molecule has 4 aromatic rings. The Morgan fingerprint density at radius 1 is 1.27 bits per heavy atom. The van der Waals surface area contributed by atoms with Gasteiger partial charge in [0.05, 0.1) is 45.0 Å². The number of aromatic nitrogens is 2. The van der Waals surface area contributed by atoms with Crippen molar-refractivity contribution in [3.63, 3.8) is 0 Å². The Morgan fingerprint density at radius 3 is 2.82 bits per heavy atom. The van der Waals surface area contributed by atoms with Crippen molar-refractivity contribution >= 4 is 49.1 Å². The van der Waals surface area contributed by atoms with Gasteiger partial charge < -0.3 is 20.3 Å². The van der Waals surface area contributed by atoms with Crippen molar-refractivity contribution in [3.8, 4) is 29.3 Å². The Balaban J connectivity index is 1.38. The highest BCUT2D eigenvalue weighted by molar-refractivity contribution is 7.23. The van der Waals surface area contributed by atoms with E-state index in [1.54, 1.807) is 18.2 Å². The summed E-state index contributed by atoms with van der Waals surface area (Å²) < 4.78 is 36.1. The molecule has 4 atom stereocenters. The van der Waals surface area contributed by atoms with Gasteiger partial charge in [-0.2, -0.15) is 20.5 Å². The van der Waals surface area contributed by atoms with Crippen LogP contribution in [0.2, 0.25) is 0 Å². The van der Waals surface area contributed by atoms with Crippen LogP contribution < -0.4 is 15.4 Å². The molecule has 3 saturated heterocycles. The zero-order valence-corrected chi connectivity index (χ0v) is 28.2. The van der Waals surface area contributed by atoms with E-state index in [1.165, 1.54) is 12.1 Å². The predicted molar refractivity (Wildman–Crippen MR) is 186 cm³/mol. The Labute approximate surface area is 287 Å². The molecule has 1 amide bonds. The molecule has 7 rings (SSSR count). The SMILES string of the molecule is C=CC(=O)N1CC[C@@H](N(C)c2nc(OC[C@@]34CCCN3C[C@H](F)C4)nc3cc(-c4ccc(F)c5sc(N)c(C#N)c45)c(C#N)cc23)[C@@H]1CC. The van der Waals surface area contributed by atoms with Crippen LogP contribution in [0.5, 0.6) is 6.01 Å². The first-order valence-electron chi connectivity index (χ1n) is 16.5. The number of carbonyl (C=O) groups is 1. The Kier molecular flexibility index (Phi) is 8.37. The second kappa shape index (κ2) is 12.6. The third-order valence-corrected chi connectivity index (χ3v) is 11.6. The van der Waals surface area contributed by atoms with Gasteiger partial charge in [0.2, 0.25) is 5.91 Å². The molecule has 0 saturated carbocycles. The summed E-state index contributed by atoms with van der Waals surface area (Å²) in [4.78, 5) is 28.5. The van der Waals surface area contributed by atoms with Gasteiger partial charge in [-0.15, -0.1) is 11.3 Å². The van der Waals surface area contributed by atoms with E-state index in [0.29, 0.717) is 65.6 Å². The zero-order chi connectivity index (χ0) is 34.6. The number of rotatable bonds is 8. The quantitative estimate of drug-likeness (QED) is 0.224. The number of thiophene rings is 1. The molecule has 0 bridgehead atoms. The maximum Gasteiger partial charge on any atom is 0.319 e. The monoisotopic (exact) mass is 682 g/mol. The Morgan fingerprint density at radius 2 is 2.08 bits per heavy atom. The zero-order valence-electron chi connectivity index (χ0n) is 27.4. The number of nitrogens with zero attached hydrogens (tertiary/aromatic N) is 7. The summed E-state index contributed by atoms with van der Waals surface area (Å²) in [5.41, 5.74) is 7.55. The highest BCUT2D eigenvalue weighted by Crippen LogP contribution is 2.44. The molecule has 2 N–H and O–H groups in total. The average molecular weight is 683 g/mol. The minimum Gasteiger partial charge on any atom is -0.461 e. The van der Waals surface area contributed by atoms with Crippen molar-refractivity contribution in [1.29, 1.82) is 10.5 Å². The second-order valence-electron chi connectivity index (χ2n) is 13.2. The van der Waals surface area contributed by atoms with Crippen molar-refractivity contribution in [2.24, 2.45) is 0 Å². The fourth-order valence-electron chi connectivity index (χ4n) is 8.29. The van der Waals surface area contributed by atoms with Crippen LogP contribution >= 0.6 is 11.3 Å². The molecule has 13 heteroatoms. The van der Waals surface area contributed by atoms with Crippen LogP contribution in [-0.2, 0) is 4.79 Å². The van der Waals surface area contributed by atoms with Crippen molar-refractivity contribution in [2.75, 3.05) is 43.9 Å². The van der Waals surface area contributed by atoms with E-state index >= 15 is 0 Å². The molecule has 252 valence electrons. The van der Waals surface area contributed by atoms with Gasteiger partial charge in [-0.25, -0.2) is 8.78 Å². The molecule has 3 aliphatic heterocycles. The fourth-order valence-corrected chi connectivity index (χ4v) is 9.24.